The number of hydrogen-bond acceptors (Lipinski definition) is 5. The van der Waals surface area contributed by atoms with E-state index in [4.69, 9.17) is 15.2 Å². The lowest BCUT2D eigenvalue weighted by molar-refractivity contribution is -0.114. The van der Waals surface area contributed by atoms with E-state index in [0.717, 1.165) is 34.6 Å². The van der Waals surface area contributed by atoms with E-state index >= 15 is 0 Å². The molecule has 6 heteroatoms. The van der Waals surface area contributed by atoms with Crippen LogP contribution in [0.3, 0.4) is 0 Å². The molecular formula is C21H27N3O3. The number of nitrogens with two attached hydrogens (primary N) is 1. The van der Waals surface area contributed by atoms with E-state index in [1.807, 2.05) is 31.2 Å². The molecule has 2 aromatic rings. The van der Waals surface area contributed by atoms with E-state index in [1.165, 1.54) is 6.92 Å². The second kappa shape index (κ2) is 7.56. The average Bonchev–Trinajstić information content (AvgIpc) is 2.58. The van der Waals surface area contributed by atoms with Crippen LogP contribution in [0.5, 0.6) is 11.5 Å². The van der Waals surface area contributed by atoms with Gasteiger partial charge in [-0.1, -0.05) is 13.8 Å². The van der Waals surface area contributed by atoms with Gasteiger partial charge in [-0.05, 0) is 43.0 Å². The number of aromatic nitrogens is 1. The molecule has 27 heavy (non-hydrogen) atoms. The van der Waals surface area contributed by atoms with Crippen LogP contribution in [0.25, 0.3) is 11.1 Å². The largest absolute Gasteiger partial charge is 0.492 e. The minimum absolute atomic E-state index is 0.148. The summed E-state index contributed by atoms with van der Waals surface area (Å²) in [4.78, 5) is 15.5. The van der Waals surface area contributed by atoms with Gasteiger partial charge in [0.05, 0.1) is 0 Å². The van der Waals surface area contributed by atoms with Crippen molar-refractivity contribution in [3.8, 4) is 22.6 Å². The van der Waals surface area contributed by atoms with E-state index in [0.29, 0.717) is 24.9 Å². The minimum Gasteiger partial charge on any atom is -0.492 e. The summed E-state index contributed by atoms with van der Waals surface area (Å²) in [7, 11) is 0. The molecule has 0 unspecified atom stereocenters. The van der Waals surface area contributed by atoms with E-state index in [9.17, 15) is 4.79 Å². The topological polar surface area (TPSA) is 86.5 Å². The number of rotatable bonds is 6. The molecule has 1 aliphatic heterocycles. The molecule has 1 aromatic carbocycles. The molecular weight excluding hydrogens is 342 g/mol. The van der Waals surface area contributed by atoms with Crippen molar-refractivity contribution >= 4 is 11.7 Å². The van der Waals surface area contributed by atoms with Gasteiger partial charge in [0, 0.05) is 35.9 Å². The Hall–Kier alpha value is -2.60. The third kappa shape index (κ3) is 4.77. The molecule has 0 saturated heterocycles. The van der Waals surface area contributed by atoms with Gasteiger partial charge in [-0.25, -0.2) is 4.98 Å². The summed E-state index contributed by atoms with van der Waals surface area (Å²) < 4.78 is 11.8. The van der Waals surface area contributed by atoms with Crippen LogP contribution in [0.1, 0.15) is 39.7 Å². The van der Waals surface area contributed by atoms with Gasteiger partial charge in [-0.15, -0.1) is 0 Å². The molecule has 1 amide bonds. The second-order valence-corrected chi connectivity index (χ2v) is 7.90. The number of pyridine rings is 1. The van der Waals surface area contributed by atoms with Crippen molar-refractivity contribution in [1.29, 1.82) is 0 Å². The molecule has 0 fully saturated rings. The summed E-state index contributed by atoms with van der Waals surface area (Å²) in [6, 6.07) is 7.65. The summed E-state index contributed by atoms with van der Waals surface area (Å²) in [5.41, 5.74) is 8.89. The maximum atomic E-state index is 11.3. The van der Waals surface area contributed by atoms with Gasteiger partial charge in [0.2, 0.25) is 5.91 Å². The van der Waals surface area contributed by atoms with E-state index in [1.54, 1.807) is 6.20 Å². The average molecular weight is 369 g/mol. The number of fused-ring (bicyclic) bond motifs is 3. The summed E-state index contributed by atoms with van der Waals surface area (Å²) in [6.07, 6.45) is 2.63. The maximum absolute atomic E-state index is 11.3. The molecule has 0 saturated carbocycles. The van der Waals surface area contributed by atoms with Crippen molar-refractivity contribution in [3.05, 3.63) is 36.0 Å². The van der Waals surface area contributed by atoms with E-state index in [-0.39, 0.29) is 11.4 Å². The van der Waals surface area contributed by atoms with Crippen molar-refractivity contribution < 1.29 is 14.3 Å². The number of nitrogens with zero attached hydrogens (tertiary/aromatic N) is 1. The Morgan fingerprint density at radius 1 is 1.37 bits per heavy atom. The highest BCUT2D eigenvalue weighted by molar-refractivity contribution is 5.89. The number of hydrogen-bond donors (Lipinski definition) is 2. The number of carbonyl (C=O) groups is 1. The molecule has 1 aliphatic rings. The third-order valence-electron chi connectivity index (χ3n) is 4.36. The van der Waals surface area contributed by atoms with Gasteiger partial charge in [-0.3, -0.25) is 4.79 Å². The fourth-order valence-electron chi connectivity index (χ4n) is 3.43. The molecule has 6 nitrogen and oxygen atoms in total. The zero-order chi connectivity index (χ0) is 19.6. The quantitative estimate of drug-likeness (QED) is 0.810. The van der Waals surface area contributed by atoms with Crippen molar-refractivity contribution in [3.63, 3.8) is 0 Å². The van der Waals surface area contributed by atoms with E-state index < -0.39 is 0 Å². The predicted octanol–water partition coefficient (Wildman–Crippen LogP) is 3.74. The highest BCUT2D eigenvalue weighted by atomic mass is 16.5. The summed E-state index contributed by atoms with van der Waals surface area (Å²) in [5.74, 6) is 2.38. The fourth-order valence-corrected chi connectivity index (χ4v) is 3.43. The molecule has 0 aliphatic carbocycles. The Labute approximate surface area is 160 Å². The smallest absolute Gasteiger partial charge is 0.222 e. The molecule has 1 atom stereocenters. The molecule has 0 radical (unpaired) electrons. The van der Waals surface area contributed by atoms with Gasteiger partial charge in [0.1, 0.15) is 30.5 Å². The molecule has 144 valence electrons. The van der Waals surface area contributed by atoms with Crippen LogP contribution in [0.4, 0.5) is 5.82 Å². The Bertz CT molecular complexity index is 847. The highest BCUT2D eigenvalue weighted by Gasteiger charge is 2.23. The first-order valence-corrected chi connectivity index (χ1v) is 9.19. The van der Waals surface area contributed by atoms with Crippen LogP contribution < -0.4 is 20.5 Å². The van der Waals surface area contributed by atoms with Crippen LogP contribution >= 0.6 is 0 Å². The van der Waals surface area contributed by atoms with Gasteiger partial charge in [0.25, 0.3) is 0 Å². The Morgan fingerprint density at radius 2 is 2.15 bits per heavy atom. The zero-order valence-corrected chi connectivity index (χ0v) is 16.3. The zero-order valence-electron chi connectivity index (χ0n) is 16.3. The highest BCUT2D eigenvalue weighted by Crippen LogP contribution is 2.40. The fraction of sp³-hybridized carbons (Fsp3) is 0.429. The van der Waals surface area contributed by atoms with Crippen molar-refractivity contribution in [1.82, 2.24) is 4.98 Å². The van der Waals surface area contributed by atoms with Crippen molar-refractivity contribution in [2.24, 2.45) is 11.7 Å². The lowest BCUT2D eigenvalue weighted by Gasteiger charge is -2.27. The van der Waals surface area contributed by atoms with Crippen molar-refractivity contribution in [2.45, 2.75) is 46.3 Å². The number of nitrogens with one attached hydrogen (secondary N) is 1. The van der Waals surface area contributed by atoms with Crippen LogP contribution in [0.2, 0.25) is 0 Å². The van der Waals surface area contributed by atoms with Crippen LogP contribution in [-0.4, -0.2) is 23.0 Å². The van der Waals surface area contributed by atoms with E-state index in [2.05, 4.69) is 24.1 Å². The molecule has 3 rings (SSSR count). The molecule has 3 N–H and O–H groups in total. The maximum Gasteiger partial charge on any atom is 0.222 e. The number of amides is 1. The van der Waals surface area contributed by atoms with Crippen LogP contribution in [-0.2, 0) is 11.4 Å². The van der Waals surface area contributed by atoms with Gasteiger partial charge < -0.3 is 20.5 Å². The minimum atomic E-state index is -0.379. The van der Waals surface area contributed by atoms with Crippen LogP contribution in [0, 0.1) is 5.92 Å². The monoisotopic (exact) mass is 369 g/mol. The van der Waals surface area contributed by atoms with Gasteiger partial charge in [0.15, 0.2) is 0 Å². The Morgan fingerprint density at radius 3 is 2.85 bits per heavy atom. The Kier molecular flexibility index (Phi) is 5.37. The molecule has 1 aromatic heterocycles. The predicted molar refractivity (Wildman–Crippen MR) is 106 cm³/mol. The first kappa shape index (κ1) is 19.2. The normalized spacial score (nSPS) is 14.6. The molecule has 0 bridgehead atoms. The Balaban J connectivity index is 1.80. The summed E-state index contributed by atoms with van der Waals surface area (Å²) in [5, 5.41) is 2.72. The first-order valence-electron chi connectivity index (χ1n) is 9.19. The number of ether oxygens (including phenoxy) is 2. The summed E-state index contributed by atoms with van der Waals surface area (Å²) >= 11 is 0. The lowest BCUT2D eigenvalue weighted by atomic mass is 9.93. The van der Waals surface area contributed by atoms with Gasteiger partial charge in [-0.2, -0.15) is 0 Å². The molecule has 2 heterocycles. The SMILES string of the molecule is CC(=O)Nc1cc2c(cn1)COc1cc(OC[C@](C)(N)CC(C)C)ccc1-2. The second-order valence-electron chi connectivity index (χ2n) is 7.90. The summed E-state index contributed by atoms with van der Waals surface area (Å²) in [6.45, 7) is 8.65. The standard InChI is InChI=1S/C21H27N3O3/c1-13(2)9-21(4,22)12-27-16-5-6-17-18-8-20(24-14(3)25)23-10-15(18)11-26-19(17)7-16/h5-8,10,13H,9,11-12,22H2,1-4H3,(H,23,24,25)/t21-/m1/s1. The number of anilines is 1. The van der Waals surface area contributed by atoms with Gasteiger partial charge >= 0.3 is 0 Å². The lowest BCUT2D eigenvalue weighted by Crippen LogP contribution is -2.43. The number of benzene rings is 1. The molecule has 0 spiro atoms. The van der Waals surface area contributed by atoms with Crippen LogP contribution in [0.15, 0.2) is 30.5 Å². The van der Waals surface area contributed by atoms with Crippen molar-refractivity contribution in [2.75, 3.05) is 11.9 Å². The third-order valence-corrected chi connectivity index (χ3v) is 4.36. The number of carbonyl (C=O) groups excluding carboxylic acids is 1. The first-order chi connectivity index (χ1) is 12.7.